The first-order chi connectivity index (χ1) is 24.0. The van der Waals surface area contributed by atoms with Gasteiger partial charge in [-0.3, -0.25) is 15.2 Å². The standard InChI is InChI=1S/C34H41ClN6O9S/c1-7-38(8-2)41(45)37-49-22-48-32(43)25-15-13-24(14-16-25)21-39(33(44)50-34(4,5)6)51(46,47)30-20-27(17-18-28(30)35)31(42)36-40-23(3)19-26-11-9-10-12-29(26)40/h9-18,20,23H,7-8,19,21-22H2,1-6H3,(H,36,42)/b41-37-/t23-/m1/s1. The minimum atomic E-state index is -4.72. The summed E-state index contributed by atoms with van der Waals surface area (Å²) in [6.45, 7) is 9.89. The second-order valence-corrected chi connectivity index (χ2v) is 14.7. The molecule has 0 saturated carbocycles. The number of esters is 1. The van der Waals surface area contributed by atoms with Gasteiger partial charge >= 0.3 is 12.1 Å². The van der Waals surface area contributed by atoms with Crippen molar-refractivity contribution in [2.24, 2.45) is 5.28 Å². The average molecular weight is 745 g/mol. The van der Waals surface area contributed by atoms with Gasteiger partial charge in [0, 0.05) is 5.56 Å². The van der Waals surface area contributed by atoms with Crippen LogP contribution in [0.2, 0.25) is 5.02 Å². The molecule has 0 fully saturated rings. The highest BCUT2D eigenvalue weighted by atomic mass is 35.5. The van der Waals surface area contributed by atoms with Gasteiger partial charge in [-0.1, -0.05) is 41.9 Å². The van der Waals surface area contributed by atoms with E-state index in [2.05, 4.69) is 10.7 Å². The molecule has 3 aromatic rings. The fraction of sp³-hybridized carbons (Fsp3) is 0.382. The highest BCUT2D eigenvalue weighted by molar-refractivity contribution is 7.89. The molecule has 0 bridgehead atoms. The van der Waals surface area contributed by atoms with E-state index in [1.54, 1.807) is 39.6 Å². The van der Waals surface area contributed by atoms with Crippen LogP contribution in [0, 0.1) is 5.21 Å². The Morgan fingerprint density at radius 1 is 1.04 bits per heavy atom. The zero-order chi connectivity index (χ0) is 37.5. The maximum Gasteiger partial charge on any atom is 0.424 e. The molecule has 0 unspecified atom stereocenters. The van der Waals surface area contributed by atoms with Crippen molar-refractivity contribution in [2.45, 2.75) is 71.0 Å². The summed E-state index contributed by atoms with van der Waals surface area (Å²) in [6.07, 6.45) is -0.468. The van der Waals surface area contributed by atoms with Crippen LogP contribution in [0.15, 0.2) is 76.9 Å². The predicted molar refractivity (Wildman–Crippen MR) is 187 cm³/mol. The number of anilines is 1. The van der Waals surface area contributed by atoms with Gasteiger partial charge < -0.3 is 19.5 Å². The van der Waals surface area contributed by atoms with E-state index in [1.807, 2.05) is 31.2 Å². The topological polar surface area (TPSA) is 173 Å². The first-order valence-electron chi connectivity index (χ1n) is 16.1. The van der Waals surface area contributed by atoms with Crippen molar-refractivity contribution in [1.29, 1.82) is 0 Å². The third-order valence-electron chi connectivity index (χ3n) is 7.65. The molecule has 3 aromatic carbocycles. The molecule has 0 spiro atoms. The van der Waals surface area contributed by atoms with E-state index < -0.39 is 51.8 Å². The molecule has 1 heterocycles. The second kappa shape index (κ2) is 16.3. The number of nitrogens with one attached hydrogen (secondary N) is 1. The van der Waals surface area contributed by atoms with Crippen molar-refractivity contribution < 1.29 is 42.1 Å². The third-order valence-corrected chi connectivity index (χ3v) is 9.84. The van der Waals surface area contributed by atoms with E-state index >= 15 is 0 Å². The van der Waals surface area contributed by atoms with Gasteiger partial charge in [-0.05, 0) is 95.5 Å². The molecule has 17 heteroatoms. The lowest BCUT2D eigenvalue weighted by Gasteiger charge is -2.28. The monoisotopic (exact) mass is 744 g/mol. The largest absolute Gasteiger partial charge is 0.569 e. The van der Waals surface area contributed by atoms with Crippen molar-refractivity contribution >= 4 is 45.3 Å². The summed E-state index contributed by atoms with van der Waals surface area (Å²) < 4.78 is 39.2. The van der Waals surface area contributed by atoms with Gasteiger partial charge in [-0.25, -0.2) is 18.0 Å². The molecule has 1 aliphatic rings. The lowest BCUT2D eigenvalue weighted by Crippen LogP contribution is -2.45. The normalized spacial score (nSPS) is 14.4. The van der Waals surface area contributed by atoms with Gasteiger partial charge in [0.25, 0.3) is 22.7 Å². The van der Waals surface area contributed by atoms with Crippen LogP contribution in [-0.2, 0) is 37.3 Å². The molecule has 0 radical (unpaired) electrons. The number of nitrogens with zero attached hydrogens (tertiary/aromatic N) is 5. The number of amides is 2. The Morgan fingerprint density at radius 2 is 1.69 bits per heavy atom. The number of hydrogen-bond acceptors (Lipinski definition) is 11. The maximum atomic E-state index is 14.1. The van der Waals surface area contributed by atoms with Crippen LogP contribution in [0.25, 0.3) is 0 Å². The Labute approximate surface area is 301 Å². The van der Waals surface area contributed by atoms with Crippen molar-refractivity contribution in [1.82, 2.24) is 14.7 Å². The minimum absolute atomic E-state index is 0.00523. The Kier molecular flexibility index (Phi) is 12.4. The SMILES string of the molecule is CCN(CC)/[N+]([O-])=N/OCOC(=O)c1ccc(CN(C(=O)OC(C)(C)C)S(=O)(=O)c2cc(C(=O)NN3c4ccccc4C[C@H]3C)ccc2Cl)cc1. The van der Waals surface area contributed by atoms with Crippen molar-refractivity contribution in [2.75, 3.05) is 24.9 Å². The van der Waals surface area contributed by atoms with Gasteiger partial charge in [0.05, 0.1) is 46.9 Å². The number of para-hydroxylation sites is 1. The van der Waals surface area contributed by atoms with Crippen molar-refractivity contribution in [3.63, 3.8) is 0 Å². The van der Waals surface area contributed by atoms with Crippen LogP contribution in [0.3, 0.4) is 0 Å². The van der Waals surface area contributed by atoms with Gasteiger partial charge in [-0.2, -0.15) is 4.31 Å². The first kappa shape index (κ1) is 38.7. The van der Waals surface area contributed by atoms with E-state index in [9.17, 15) is 28.0 Å². The molecule has 274 valence electrons. The molecule has 0 aromatic heterocycles. The van der Waals surface area contributed by atoms with Crippen LogP contribution in [0.5, 0.6) is 0 Å². The molecule has 1 atom stereocenters. The summed E-state index contributed by atoms with van der Waals surface area (Å²) in [5, 5.41) is 18.0. The van der Waals surface area contributed by atoms with E-state index in [0.717, 1.165) is 17.3 Å². The molecule has 1 N–H and O–H groups in total. The number of rotatable bonds is 13. The highest BCUT2D eigenvalue weighted by Crippen LogP contribution is 2.32. The number of hydrazine groups is 2. The number of carbonyl (C=O) groups excluding carboxylic acids is 3. The summed E-state index contributed by atoms with van der Waals surface area (Å²) in [6, 6.07) is 16.9. The second-order valence-electron chi connectivity index (χ2n) is 12.5. The molecule has 2 amide bonds. The zero-order valence-electron chi connectivity index (χ0n) is 29.2. The Bertz CT molecular complexity index is 1880. The van der Waals surface area contributed by atoms with Crippen LogP contribution in [0.1, 0.15) is 73.4 Å². The zero-order valence-corrected chi connectivity index (χ0v) is 30.7. The Morgan fingerprint density at radius 3 is 2.33 bits per heavy atom. The van der Waals surface area contributed by atoms with Gasteiger partial charge in [0.1, 0.15) is 10.5 Å². The lowest BCUT2D eigenvalue weighted by molar-refractivity contribution is -0.710. The molecule has 0 saturated heterocycles. The van der Waals surface area contributed by atoms with Crippen molar-refractivity contribution in [3.05, 3.63) is 99.2 Å². The summed E-state index contributed by atoms with van der Waals surface area (Å²) in [5.41, 5.74) is 4.06. The van der Waals surface area contributed by atoms with Crippen LogP contribution >= 0.6 is 11.6 Å². The van der Waals surface area contributed by atoms with Crippen LogP contribution < -0.4 is 10.4 Å². The minimum Gasteiger partial charge on any atom is -0.569 e. The predicted octanol–water partition coefficient (Wildman–Crippen LogP) is 5.83. The molecule has 4 rings (SSSR count). The molecule has 0 aliphatic carbocycles. The summed E-state index contributed by atoms with van der Waals surface area (Å²) >= 11 is 6.40. The van der Waals surface area contributed by atoms with Gasteiger partial charge in [0.15, 0.2) is 0 Å². The first-order valence-corrected chi connectivity index (χ1v) is 17.9. The number of carbonyl (C=O) groups is 3. The number of halogens is 1. The molecule has 15 nitrogen and oxygen atoms in total. The fourth-order valence-electron chi connectivity index (χ4n) is 5.10. The van der Waals surface area contributed by atoms with E-state index in [0.29, 0.717) is 29.4 Å². The fourth-order valence-corrected chi connectivity index (χ4v) is 6.89. The van der Waals surface area contributed by atoms with E-state index in [1.165, 1.54) is 41.4 Å². The highest BCUT2D eigenvalue weighted by Gasteiger charge is 2.36. The number of ether oxygens (including phenoxy) is 2. The smallest absolute Gasteiger partial charge is 0.424 e. The lowest BCUT2D eigenvalue weighted by atomic mass is 10.1. The van der Waals surface area contributed by atoms with E-state index in [4.69, 9.17) is 25.9 Å². The average Bonchev–Trinajstić information content (AvgIpc) is 3.39. The summed E-state index contributed by atoms with van der Waals surface area (Å²) in [5.74, 6) is -1.38. The van der Waals surface area contributed by atoms with Crippen LogP contribution in [0.4, 0.5) is 10.5 Å². The maximum absolute atomic E-state index is 14.1. The number of hydrogen-bond donors (Lipinski definition) is 1. The van der Waals surface area contributed by atoms with Crippen molar-refractivity contribution in [3.8, 4) is 0 Å². The molecular weight excluding hydrogens is 704 g/mol. The van der Waals surface area contributed by atoms with Crippen LogP contribution in [-0.4, -0.2) is 72.2 Å². The number of sulfonamides is 1. The van der Waals surface area contributed by atoms with Gasteiger partial charge in [-0.15, -0.1) is 5.01 Å². The number of fused-ring (bicyclic) bond motifs is 1. The van der Waals surface area contributed by atoms with E-state index in [-0.39, 0.29) is 27.2 Å². The molecular formula is C34H41ClN6O9S. The Hall–Kier alpha value is -5.09. The quantitative estimate of drug-likeness (QED) is 0.0557. The summed E-state index contributed by atoms with van der Waals surface area (Å²) in [4.78, 5) is 43.9. The molecule has 51 heavy (non-hydrogen) atoms. The third kappa shape index (κ3) is 9.58. The van der Waals surface area contributed by atoms with Gasteiger partial charge in [0.2, 0.25) is 5.28 Å². The Balaban J connectivity index is 1.54. The molecule has 1 aliphatic heterocycles. The number of benzene rings is 3. The summed E-state index contributed by atoms with van der Waals surface area (Å²) in [7, 11) is -4.72.